The number of carbonyl (C=O) groups excluding carboxylic acids is 1. The number of fused-ring (bicyclic) bond motifs is 1. The Labute approximate surface area is 149 Å². The smallest absolute Gasteiger partial charge is 0.315 e. The van der Waals surface area contributed by atoms with Crippen molar-refractivity contribution in [2.24, 2.45) is 0 Å². The average Bonchev–Trinajstić information content (AvgIpc) is 3.46. The number of methoxy groups -OCH3 is 1. The highest BCUT2D eigenvalue weighted by atomic mass is 16.6. The van der Waals surface area contributed by atoms with Crippen molar-refractivity contribution < 1.29 is 19.6 Å². The number of rotatable bonds is 4. The van der Waals surface area contributed by atoms with Crippen molar-refractivity contribution >= 4 is 17.3 Å². The number of anilines is 1. The summed E-state index contributed by atoms with van der Waals surface area (Å²) in [6.45, 7) is 0. The third-order valence-corrected chi connectivity index (χ3v) is 4.71. The molecular formula is C18H17N3O5. The van der Waals surface area contributed by atoms with Crippen LogP contribution in [0.25, 0.3) is 0 Å². The minimum absolute atomic E-state index is 0.00180. The molecular weight excluding hydrogens is 338 g/mol. The largest absolute Gasteiger partial charge is 0.500 e. The Morgan fingerprint density at radius 2 is 2.04 bits per heavy atom. The van der Waals surface area contributed by atoms with Gasteiger partial charge >= 0.3 is 5.69 Å². The van der Waals surface area contributed by atoms with Gasteiger partial charge in [0.15, 0.2) is 5.75 Å². The number of nitrogens with zero attached hydrogens (tertiary/aromatic N) is 2. The lowest BCUT2D eigenvalue weighted by molar-refractivity contribution is -0.386. The van der Waals surface area contributed by atoms with E-state index in [9.17, 15) is 20.0 Å². The van der Waals surface area contributed by atoms with Crippen LogP contribution >= 0.6 is 0 Å². The molecule has 1 amide bonds. The van der Waals surface area contributed by atoms with Gasteiger partial charge in [-0.3, -0.25) is 14.9 Å². The lowest BCUT2D eigenvalue weighted by Crippen LogP contribution is -2.44. The molecule has 0 saturated heterocycles. The molecule has 0 unspecified atom stereocenters. The molecule has 1 atom stereocenters. The Balaban J connectivity index is 1.85. The Morgan fingerprint density at radius 3 is 2.69 bits per heavy atom. The number of hydrogen-bond donors (Lipinski definition) is 2. The van der Waals surface area contributed by atoms with E-state index in [0.717, 1.165) is 12.8 Å². The van der Waals surface area contributed by atoms with Gasteiger partial charge in [0.05, 0.1) is 17.6 Å². The highest BCUT2D eigenvalue weighted by Crippen LogP contribution is 2.44. The predicted molar refractivity (Wildman–Crippen MR) is 93.3 cm³/mol. The maximum absolute atomic E-state index is 13.0. The second-order valence-corrected chi connectivity index (χ2v) is 6.38. The van der Waals surface area contributed by atoms with Crippen LogP contribution < -0.4 is 10.1 Å². The average molecular weight is 355 g/mol. The zero-order valence-electron chi connectivity index (χ0n) is 14.0. The molecule has 8 nitrogen and oxygen atoms in total. The van der Waals surface area contributed by atoms with Crippen LogP contribution in [0.15, 0.2) is 36.4 Å². The summed E-state index contributed by atoms with van der Waals surface area (Å²) in [4.78, 5) is 25.4. The van der Waals surface area contributed by atoms with E-state index in [0.29, 0.717) is 16.8 Å². The number of aromatic hydroxyl groups is 1. The molecule has 0 aromatic heterocycles. The fourth-order valence-electron chi connectivity index (χ4n) is 3.31. The summed E-state index contributed by atoms with van der Waals surface area (Å²) >= 11 is 0. The summed E-state index contributed by atoms with van der Waals surface area (Å²) in [5, 5.41) is 24.6. The number of benzene rings is 2. The SMILES string of the molecule is COc1cc([C@H]2Nc3ccccc3C(=O)N2C2CC2)cc([N+](=O)[O-])c1O. The van der Waals surface area contributed by atoms with Gasteiger partial charge in [-0.15, -0.1) is 0 Å². The summed E-state index contributed by atoms with van der Waals surface area (Å²) in [5.41, 5.74) is 1.29. The topological polar surface area (TPSA) is 105 Å². The quantitative estimate of drug-likeness (QED) is 0.645. The molecule has 26 heavy (non-hydrogen) atoms. The number of phenols is 1. The maximum atomic E-state index is 13.0. The van der Waals surface area contributed by atoms with Gasteiger partial charge in [-0.25, -0.2) is 0 Å². The standard InChI is InChI=1S/C18H17N3O5/c1-26-15-9-10(8-14(16(15)22)21(24)25)17-19-13-5-3-2-4-12(13)18(23)20(17)11-6-7-11/h2-5,8-9,11,17,19,22H,6-7H2,1H3/t17-/m0/s1. The van der Waals surface area contributed by atoms with E-state index >= 15 is 0 Å². The Hall–Kier alpha value is -3.29. The molecule has 2 aliphatic rings. The second kappa shape index (κ2) is 5.91. The van der Waals surface area contributed by atoms with E-state index in [4.69, 9.17) is 4.74 Å². The normalized spacial score (nSPS) is 18.9. The Kier molecular flexibility index (Phi) is 3.68. The number of nitro groups is 1. The third kappa shape index (κ3) is 2.50. The van der Waals surface area contributed by atoms with E-state index in [1.165, 1.54) is 19.2 Å². The van der Waals surface area contributed by atoms with E-state index in [-0.39, 0.29) is 17.7 Å². The summed E-state index contributed by atoms with van der Waals surface area (Å²) in [6, 6.07) is 10.1. The van der Waals surface area contributed by atoms with Gasteiger partial charge in [0.1, 0.15) is 6.17 Å². The molecule has 1 fully saturated rings. The van der Waals surface area contributed by atoms with Gasteiger partial charge in [0.2, 0.25) is 5.75 Å². The van der Waals surface area contributed by atoms with Crippen molar-refractivity contribution in [2.45, 2.75) is 25.0 Å². The lowest BCUT2D eigenvalue weighted by atomic mass is 10.0. The number of amides is 1. The molecule has 134 valence electrons. The van der Waals surface area contributed by atoms with E-state index in [2.05, 4.69) is 5.32 Å². The summed E-state index contributed by atoms with van der Waals surface area (Å²) in [6.07, 6.45) is 1.21. The van der Waals surface area contributed by atoms with Gasteiger partial charge < -0.3 is 20.1 Å². The molecule has 0 spiro atoms. The number of ether oxygens (including phenoxy) is 1. The van der Waals surface area contributed by atoms with Crippen LogP contribution in [-0.2, 0) is 0 Å². The van der Waals surface area contributed by atoms with Crippen LogP contribution in [-0.4, -0.2) is 34.0 Å². The summed E-state index contributed by atoms with van der Waals surface area (Å²) < 4.78 is 5.09. The third-order valence-electron chi connectivity index (χ3n) is 4.71. The fourth-order valence-corrected chi connectivity index (χ4v) is 3.31. The van der Waals surface area contributed by atoms with Crippen molar-refractivity contribution in [1.29, 1.82) is 0 Å². The molecule has 0 bridgehead atoms. The van der Waals surface area contributed by atoms with Crippen LogP contribution in [0.4, 0.5) is 11.4 Å². The van der Waals surface area contributed by atoms with Gasteiger partial charge in [0, 0.05) is 23.4 Å². The number of para-hydroxylation sites is 1. The van der Waals surface area contributed by atoms with Crippen LogP contribution in [0, 0.1) is 10.1 Å². The van der Waals surface area contributed by atoms with Crippen molar-refractivity contribution in [2.75, 3.05) is 12.4 Å². The zero-order valence-corrected chi connectivity index (χ0v) is 14.0. The second-order valence-electron chi connectivity index (χ2n) is 6.38. The van der Waals surface area contributed by atoms with Gasteiger partial charge in [-0.1, -0.05) is 12.1 Å². The maximum Gasteiger partial charge on any atom is 0.315 e. The van der Waals surface area contributed by atoms with Crippen molar-refractivity contribution in [3.05, 3.63) is 57.6 Å². The molecule has 1 saturated carbocycles. The highest BCUT2D eigenvalue weighted by molar-refractivity contribution is 6.02. The fraction of sp³-hybridized carbons (Fsp3) is 0.278. The number of phenolic OH excluding ortho intramolecular Hbond substituents is 1. The highest BCUT2D eigenvalue weighted by Gasteiger charge is 2.42. The molecule has 2 aromatic carbocycles. The number of nitro benzene ring substituents is 1. The monoisotopic (exact) mass is 355 g/mol. The zero-order chi connectivity index (χ0) is 18.4. The number of hydrogen-bond acceptors (Lipinski definition) is 6. The Bertz CT molecular complexity index is 910. The number of carbonyl (C=O) groups is 1. The van der Waals surface area contributed by atoms with Crippen LogP contribution in [0.3, 0.4) is 0 Å². The van der Waals surface area contributed by atoms with E-state index in [1.54, 1.807) is 23.1 Å². The van der Waals surface area contributed by atoms with Crippen molar-refractivity contribution in [3.63, 3.8) is 0 Å². The van der Waals surface area contributed by atoms with E-state index in [1.807, 2.05) is 6.07 Å². The number of nitrogens with one attached hydrogen (secondary N) is 1. The van der Waals surface area contributed by atoms with E-state index < -0.39 is 22.5 Å². The summed E-state index contributed by atoms with van der Waals surface area (Å²) in [5.74, 6) is -0.638. The van der Waals surface area contributed by atoms with Crippen molar-refractivity contribution in [3.8, 4) is 11.5 Å². The van der Waals surface area contributed by atoms with Gasteiger partial charge in [-0.05, 0) is 31.0 Å². The molecule has 0 radical (unpaired) electrons. The minimum atomic E-state index is -0.665. The predicted octanol–water partition coefficient (Wildman–Crippen LogP) is 3.04. The summed E-state index contributed by atoms with van der Waals surface area (Å²) in [7, 11) is 1.33. The molecule has 8 heteroatoms. The van der Waals surface area contributed by atoms with Crippen LogP contribution in [0.1, 0.15) is 34.9 Å². The molecule has 2 aromatic rings. The Morgan fingerprint density at radius 1 is 1.31 bits per heavy atom. The minimum Gasteiger partial charge on any atom is -0.500 e. The first kappa shape index (κ1) is 16.2. The van der Waals surface area contributed by atoms with Crippen LogP contribution in [0.5, 0.6) is 11.5 Å². The molecule has 4 rings (SSSR count). The molecule has 2 N–H and O–H groups in total. The first-order chi connectivity index (χ1) is 12.5. The first-order valence-electron chi connectivity index (χ1n) is 8.24. The lowest BCUT2D eigenvalue weighted by Gasteiger charge is -2.38. The molecule has 1 aliphatic heterocycles. The van der Waals surface area contributed by atoms with Crippen molar-refractivity contribution in [1.82, 2.24) is 4.90 Å². The van der Waals surface area contributed by atoms with Crippen LogP contribution in [0.2, 0.25) is 0 Å². The van der Waals surface area contributed by atoms with Gasteiger partial charge in [0.25, 0.3) is 5.91 Å². The van der Waals surface area contributed by atoms with Gasteiger partial charge in [-0.2, -0.15) is 0 Å². The molecule has 1 heterocycles. The first-order valence-corrected chi connectivity index (χ1v) is 8.24. The molecule has 1 aliphatic carbocycles.